The van der Waals surface area contributed by atoms with Crippen LogP contribution in [0.15, 0.2) is 115 Å². The molecule has 1 saturated carbocycles. The van der Waals surface area contributed by atoms with Gasteiger partial charge in [-0.05, 0) is 64.5 Å². The van der Waals surface area contributed by atoms with Crippen molar-refractivity contribution in [2.24, 2.45) is 5.92 Å². The van der Waals surface area contributed by atoms with Crippen molar-refractivity contribution in [1.82, 2.24) is 30.6 Å². The molecule has 17 heteroatoms. The van der Waals surface area contributed by atoms with Crippen LogP contribution in [0.25, 0.3) is 22.2 Å². The molecule has 326 valence electrons. The Morgan fingerprint density at radius 1 is 1.00 bits per heavy atom. The number of likely N-dealkylation sites (tertiary alicyclic amines) is 1. The minimum Gasteiger partial charge on any atom is -0.497 e. The lowest BCUT2D eigenvalue weighted by Crippen LogP contribution is -2.59. The van der Waals surface area contributed by atoms with Crippen molar-refractivity contribution in [3.63, 3.8) is 0 Å². The summed E-state index contributed by atoms with van der Waals surface area (Å²) in [5.41, 5.74) is -0.707. The minimum absolute atomic E-state index is 0.0352. The molecule has 1 aromatic heterocycles. The number of amides is 5. The number of aromatic nitrogens is 1. The van der Waals surface area contributed by atoms with Gasteiger partial charge in [0.15, 0.2) is 0 Å². The van der Waals surface area contributed by atoms with Crippen molar-refractivity contribution in [3.05, 3.63) is 110 Å². The number of sulfonamides is 1. The molecule has 0 spiro atoms. The molecule has 2 fully saturated rings. The second kappa shape index (κ2) is 18.5. The first-order chi connectivity index (χ1) is 29.5. The Kier molecular flexibility index (Phi) is 13.3. The van der Waals surface area contributed by atoms with Gasteiger partial charge in [-0.25, -0.2) is 22.9 Å². The van der Waals surface area contributed by atoms with Crippen molar-refractivity contribution >= 4 is 50.6 Å². The molecule has 0 radical (unpaired) electrons. The highest BCUT2D eigenvalue weighted by molar-refractivity contribution is 7.90. The van der Waals surface area contributed by atoms with Gasteiger partial charge in [-0.3, -0.25) is 19.2 Å². The maximum absolute atomic E-state index is 14.7. The van der Waals surface area contributed by atoms with Crippen LogP contribution in [0.5, 0.6) is 11.5 Å². The van der Waals surface area contributed by atoms with Crippen LogP contribution in [0, 0.1) is 5.92 Å². The van der Waals surface area contributed by atoms with Gasteiger partial charge in [0.1, 0.15) is 40.8 Å². The van der Waals surface area contributed by atoms with Crippen LogP contribution >= 0.6 is 0 Å². The van der Waals surface area contributed by atoms with E-state index in [0.717, 1.165) is 5.56 Å². The van der Waals surface area contributed by atoms with Crippen molar-refractivity contribution in [2.75, 3.05) is 20.2 Å². The van der Waals surface area contributed by atoms with Gasteiger partial charge in [0.05, 0.1) is 29.8 Å². The molecule has 0 bridgehead atoms. The van der Waals surface area contributed by atoms with E-state index in [0.29, 0.717) is 28.1 Å². The summed E-state index contributed by atoms with van der Waals surface area (Å²) < 4.78 is 46.1. The van der Waals surface area contributed by atoms with Crippen LogP contribution < -0.4 is 30.1 Å². The van der Waals surface area contributed by atoms with Gasteiger partial charge in [-0.15, -0.1) is 6.58 Å². The summed E-state index contributed by atoms with van der Waals surface area (Å²) in [6.07, 6.45) is 2.35. The first-order valence-corrected chi connectivity index (χ1v) is 21.4. The number of hydrogen-bond acceptors (Lipinski definition) is 11. The Balaban J connectivity index is 1.35. The third-order valence-electron chi connectivity index (χ3n) is 10.3. The number of methoxy groups -OCH3 is 1. The van der Waals surface area contributed by atoms with E-state index in [1.165, 1.54) is 47.4 Å². The van der Waals surface area contributed by atoms with Crippen LogP contribution in [0.3, 0.4) is 0 Å². The maximum atomic E-state index is 14.7. The number of hydrogen-bond donors (Lipinski definition) is 4. The molecule has 3 aromatic carbocycles. The molecule has 1 saturated heterocycles. The Labute approximate surface area is 360 Å². The maximum Gasteiger partial charge on any atom is 0.408 e. The molecule has 2 heterocycles. The molecule has 5 amide bonds. The summed E-state index contributed by atoms with van der Waals surface area (Å²) in [4.78, 5) is 74.7. The molecule has 5 atom stereocenters. The number of alkyl carbamates (subject to hydrolysis) is 1. The van der Waals surface area contributed by atoms with Gasteiger partial charge in [0.25, 0.3) is 15.9 Å². The predicted octanol–water partition coefficient (Wildman–Crippen LogP) is 4.41. The van der Waals surface area contributed by atoms with Gasteiger partial charge in [0, 0.05) is 42.0 Å². The lowest BCUT2D eigenvalue weighted by molar-refractivity contribution is -0.141. The van der Waals surface area contributed by atoms with Crippen molar-refractivity contribution < 1.29 is 46.6 Å². The third kappa shape index (κ3) is 10.4. The summed E-state index contributed by atoms with van der Waals surface area (Å²) >= 11 is 0. The molecule has 16 nitrogen and oxygen atoms in total. The molecule has 1 aliphatic carbocycles. The lowest BCUT2D eigenvalue weighted by Gasteiger charge is -2.30. The standard InChI is InChI=1S/C45H50N6O10S/c1-7-15-39(52)46-26-36(48-43(56)61-44(3,4)5)41(54)51-27-31(60-38-24-34(28-16-11-9-12-17-28)47-35-22-30(59-6)20-21-33(35)38)23-37(51)40(53)49-45(25-29(45)8-2)42(55)50-62(57,58)32-18-13-10-14-19-32/h7-22,24,29,31,36-37H,2,23,25-27H2,1,3-6H3,(H,46,52)(H,48,56)(H,49,53)(H,50,55)/b15-7+/t29-,31-,36+,37+,45-/m1/s1. The number of carbonyl (C=O) groups excluding carboxylic acids is 5. The Bertz CT molecular complexity index is 2490. The summed E-state index contributed by atoms with van der Waals surface area (Å²) in [6.45, 7) is 9.80. The van der Waals surface area contributed by atoms with E-state index in [-0.39, 0.29) is 30.8 Å². The van der Waals surface area contributed by atoms with Crippen molar-refractivity contribution in [1.29, 1.82) is 0 Å². The average molecular weight is 867 g/mol. The van der Waals surface area contributed by atoms with Gasteiger partial charge in [-0.2, -0.15) is 0 Å². The van der Waals surface area contributed by atoms with Crippen LogP contribution in [0.4, 0.5) is 4.79 Å². The van der Waals surface area contributed by atoms with E-state index in [9.17, 15) is 32.4 Å². The second-order valence-electron chi connectivity index (χ2n) is 15.9. The molecule has 6 rings (SSSR count). The Morgan fingerprint density at radius 2 is 1.69 bits per heavy atom. The number of carbonyl (C=O) groups is 5. The Morgan fingerprint density at radius 3 is 2.32 bits per heavy atom. The molecule has 62 heavy (non-hydrogen) atoms. The predicted molar refractivity (Wildman–Crippen MR) is 230 cm³/mol. The molecule has 4 aromatic rings. The van der Waals surface area contributed by atoms with Crippen LogP contribution in [0.1, 0.15) is 40.5 Å². The first kappa shape index (κ1) is 44.8. The zero-order valence-electron chi connectivity index (χ0n) is 35.0. The van der Waals surface area contributed by atoms with E-state index in [4.69, 9.17) is 19.2 Å². The molecule has 1 aliphatic heterocycles. The number of benzene rings is 3. The van der Waals surface area contributed by atoms with Gasteiger partial charge >= 0.3 is 6.09 Å². The second-order valence-corrected chi connectivity index (χ2v) is 17.6. The van der Waals surface area contributed by atoms with E-state index >= 15 is 0 Å². The van der Waals surface area contributed by atoms with Gasteiger partial charge in [0.2, 0.25) is 17.7 Å². The number of fused-ring (bicyclic) bond motifs is 1. The highest BCUT2D eigenvalue weighted by atomic mass is 32.2. The average Bonchev–Trinajstić information content (AvgIpc) is 3.80. The molecular formula is C45H50N6O10S. The summed E-state index contributed by atoms with van der Waals surface area (Å²) in [7, 11) is -2.79. The van der Waals surface area contributed by atoms with E-state index in [2.05, 4.69) is 27.3 Å². The van der Waals surface area contributed by atoms with Crippen LogP contribution in [-0.4, -0.2) is 97.6 Å². The first-order valence-electron chi connectivity index (χ1n) is 19.9. The quantitative estimate of drug-likeness (QED) is 0.0972. The molecule has 4 N–H and O–H groups in total. The van der Waals surface area contributed by atoms with Crippen molar-refractivity contribution in [2.45, 2.75) is 74.8 Å². The SMILES string of the molecule is C=C[C@@H]1C[C@]1(NC(=O)[C@@H]1C[C@@H](Oc2cc(-c3ccccc3)nc3cc(OC)ccc23)CN1C(=O)[C@H](CNC(=O)/C=C/C)NC(=O)OC(C)(C)C)C(=O)NS(=O)(=O)c1ccccc1. The number of allylic oxidation sites excluding steroid dienone is 1. The fourth-order valence-corrected chi connectivity index (χ4v) is 8.24. The number of pyridine rings is 1. The van der Waals surface area contributed by atoms with Gasteiger partial charge in [-0.1, -0.05) is 60.7 Å². The van der Waals surface area contributed by atoms with Crippen LogP contribution in [0.2, 0.25) is 0 Å². The van der Waals surface area contributed by atoms with E-state index in [1.807, 2.05) is 30.3 Å². The fourth-order valence-electron chi connectivity index (χ4n) is 7.18. The van der Waals surface area contributed by atoms with Gasteiger partial charge < -0.3 is 35.1 Å². The lowest BCUT2D eigenvalue weighted by atomic mass is 10.1. The summed E-state index contributed by atoms with van der Waals surface area (Å²) in [5.74, 6) is -2.75. The number of ether oxygens (including phenoxy) is 3. The number of nitrogens with one attached hydrogen (secondary N) is 4. The summed E-state index contributed by atoms with van der Waals surface area (Å²) in [6, 6.07) is 21.0. The highest BCUT2D eigenvalue weighted by Crippen LogP contribution is 2.45. The zero-order chi connectivity index (χ0) is 44.8. The molecule has 2 aliphatic rings. The topological polar surface area (TPSA) is 211 Å². The largest absolute Gasteiger partial charge is 0.497 e. The Hall–Kier alpha value is -6.75. The monoisotopic (exact) mass is 866 g/mol. The minimum atomic E-state index is -4.33. The van der Waals surface area contributed by atoms with Crippen molar-refractivity contribution in [3.8, 4) is 22.8 Å². The van der Waals surface area contributed by atoms with Crippen LogP contribution in [-0.2, 0) is 33.9 Å². The normalized spacial score (nSPS) is 20.1. The highest BCUT2D eigenvalue weighted by Gasteiger charge is 2.61. The molecular weight excluding hydrogens is 817 g/mol. The summed E-state index contributed by atoms with van der Waals surface area (Å²) in [5, 5.41) is 8.51. The smallest absolute Gasteiger partial charge is 0.408 e. The zero-order valence-corrected chi connectivity index (χ0v) is 35.9. The van der Waals surface area contributed by atoms with E-state index in [1.54, 1.807) is 65.1 Å². The third-order valence-corrected chi connectivity index (χ3v) is 11.7. The fraction of sp³-hybridized carbons (Fsp3) is 0.333. The number of nitrogens with zero attached hydrogens (tertiary/aromatic N) is 2. The van der Waals surface area contributed by atoms with E-state index < -0.39 is 75.0 Å². The molecule has 0 unspecified atom stereocenters. The number of rotatable bonds is 15.